The molecule has 0 bridgehead atoms. The van der Waals surface area contributed by atoms with Gasteiger partial charge in [-0.05, 0) is 31.2 Å². The van der Waals surface area contributed by atoms with E-state index in [0.717, 1.165) is 38.9 Å². The molecule has 0 unspecified atom stereocenters. The van der Waals surface area contributed by atoms with Crippen molar-refractivity contribution >= 4 is 5.91 Å². The smallest absolute Gasteiger partial charge is 0.237 e. The van der Waals surface area contributed by atoms with Crippen LogP contribution >= 0.6 is 0 Å². The molecule has 2 heterocycles. The van der Waals surface area contributed by atoms with Gasteiger partial charge in [0.25, 0.3) is 0 Å². The van der Waals surface area contributed by atoms with Gasteiger partial charge < -0.3 is 10.1 Å². The van der Waals surface area contributed by atoms with Crippen LogP contribution in [0, 0.1) is 0 Å². The molecule has 2 saturated heterocycles. The number of amides is 1. The molecule has 1 amide bonds. The van der Waals surface area contributed by atoms with Crippen LogP contribution in [-0.2, 0) is 9.53 Å². The van der Waals surface area contributed by atoms with Gasteiger partial charge in [0.15, 0.2) is 0 Å². The van der Waals surface area contributed by atoms with Gasteiger partial charge in [0.2, 0.25) is 5.91 Å². The number of hydrogen-bond acceptors (Lipinski definition) is 3. The largest absolute Gasteiger partial charge is 0.381 e. The van der Waals surface area contributed by atoms with Crippen LogP contribution in [0.15, 0.2) is 30.3 Å². The summed E-state index contributed by atoms with van der Waals surface area (Å²) in [5, 5.41) is 6.60. The quantitative estimate of drug-likeness (QED) is 0.883. The molecule has 2 N–H and O–H groups in total. The van der Waals surface area contributed by atoms with Gasteiger partial charge in [0.1, 0.15) is 0 Å². The zero-order chi connectivity index (χ0) is 13.8. The Morgan fingerprint density at radius 3 is 2.60 bits per heavy atom. The first-order valence-electron chi connectivity index (χ1n) is 7.52. The number of hydrogen-bond donors (Lipinski definition) is 2. The van der Waals surface area contributed by atoms with Crippen molar-refractivity contribution in [2.45, 2.75) is 43.8 Å². The molecule has 4 nitrogen and oxygen atoms in total. The van der Waals surface area contributed by atoms with Gasteiger partial charge in [-0.2, -0.15) is 0 Å². The molecule has 20 heavy (non-hydrogen) atoms. The highest BCUT2D eigenvalue weighted by Crippen LogP contribution is 2.26. The van der Waals surface area contributed by atoms with Gasteiger partial charge >= 0.3 is 0 Å². The van der Waals surface area contributed by atoms with Crippen molar-refractivity contribution in [3.63, 3.8) is 0 Å². The predicted octanol–water partition coefficient (Wildman–Crippen LogP) is 1.77. The van der Waals surface area contributed by atoms with Crippen molar-refractivity contribution in [1.29, 1.82) is 0 Å². The summed E-state index contributed by atoms with van der Waals surface area (Å²) < 4.78 is 5.31. The minimum absolute atomic E-state index is 0.0527. The lowest BCUT2D eigenvalue weighted by atomic mass is 10.1. The van der Waals surface area contributed by atoms with Crippen molar-refractivity contribution in [1.82, 2.24) is 10.6 Å². The molecule has 2 fully saturated rings. The molecule has 0 aromatic heterocycles. The van der Waals surface area contributed by atoms with Crippen molar-refractivity contribution < 1.29 is 9.53 Å². The molecule has 3 rings (SSSR count). The Morgan fingerprint density at radius 2 is 1.85 bits per heavy atom. The van der Waals surface area contributed by atoms with Gasteiger partial charge in [-0.15, -0.1) is 0 Å². The van der Waals surface area contributed by atoms with Crippen LogP contribution < -0.4 is 10.6 Å². The van der Waals surface area contributed by atoms with Crippen LogP contribution in [0.25, 0.3) is 0 Å². The summed E-state index contributed by atoms with van der Waals surface area (Å²) in [6, 6.07) is 10.9. The van der Waals surface area contributed by atoms with E-state index in [0.29, 0.717) is 6.04 Å². The highest BCUT2D eigenvalue weighted by molar-refractivity contribution is 5.82. The summed E-state index contributed by atoms with van der Waals surface area (Å²) in [6.07, 6.45) is 3.80. The minimum atomic E-state index is -0.0527. The van der Waals surface area contributed by atoms with E-state index in [2.05, 4.69) is 22.8 Å². The zero-order valence-corrected chi connectivity index (χ0v) is 11.7. The molecule has 1 aromatic rings. The standard InChI is InChI=1S/C16H22N2O2/c19-16(17-13-8-10-20-11-9-13)15-7-6-14(18-15)12-4-2-1-3-5-12/h1-5,13-15,18H,6-11H2,(H,17,19)/t14-,15-/m1/s1. The first-order chi connectivity index (χ1) is 9.83. The number of benzene rings is 1. The summed E-state index contributed by atoms with van der Waals surface area (Å²) in [5.41, 5.74) is 1.27. The lowest BCUT2D eigenvalue weighted by molar-refractivity contribution is -0.124. The van der Waals surface area contributed by atoms with Crippen molar-refractivity contribution in [2.24, 2.45) is 0 Å². The van der Waals surface area contributed by atoms with E-state index in [4.69, 9.17) is 4.74 Å². The van der Waals surface area contributed by atoms with Crippen LogP contribution in [0.5, 0.6) is 0 Å². The fourth-order valence-electron chi connectivity index (χ4n) is 3.04. The second kappa shape index (κ2) is 6.37. The molecular formula is C16H22N2O2. The van der Waals surface area contributed by atoms with Crippen LogP contribution in [0.4, 0.5) is 0 Å². The number of nitrogens with one attached hydrogen (secondary N) is 2. The van der Waals surface area contributed by atoms with Gasteiger partial charge in [-0.3, -0.25) is 10.1 Å². The Balaban J connectivity index is 1.53. The molecule has 1 aromatic carbocycles. The molecule has 0 spiro atoms. The molecule has 2 atom stereocenters. The zero-order valence-electron chi connectivity index (χ0n) is 11.7. The monoisotopic (exact) mass is 274 g/mol. The van der Waals surface area contributed by atoms with E-state index >= 15 is 0 Å². The van der Waals surface area contributed by atoms with Gasteiger partial charge in [0, 0.05) is 25.3 Å². The fourth-order valence-corrected chi connectivity index (χ4v) is 3.04. The maximum atomic E-state index is 12.3. The summed E-state index contributed by atoms with van der Waals surface area (Å²) in [4.78, 5) is 12.3. The molecule has 2 aliphatic heterocycles. The number of carbonyl (C=O) groups is 1. The third kappa shape index (κ3) is 3.19. The predicted molar refractivity (Wildman–Crippen MR) is 77.3 cm³/mol. The van der Waals surface area contributed by atoms with Crippen molar-refractivity contribution in [3.8, 4) is 0 Å². The number of carbonyl (C=O) groups excluding carboxylic acids is 1. The average Bonchev–Trinajstić information content (AvgIpc) is 2.99. The van der Waals surface area contributed by atoms with E-state index in [-0.39, 0.29) is 18.0 Å². The Hall–Kier alpha value is -1.39. The summed E-state index contributed by atoms with van der Waals surface area (Å²) in [7, 11) is 0. The van der Waals surface area contributed by atoms with Gasteiger partial charge in [-0.25, -0.2) is 0 Å². The maximum absolute atomic E-state index is 12.3. The molecule has 108 valence electrons. The molecule has 2 aliphatic rings. The number of ether oxygens (including phenoxy) is 1. The molecule has 0 aliphatic carbocycles. The van der Waals surface area contributed by atoms with Gasteiger partial charge in [0.05, 0.1) is 6.04 Å². The summed E-state index contributed by atoms with van der Waals surface area (Å²) >= 11 is 0. The van der Waals surface area contributed by atoms with Crippen LogP contribution in [-0.4, -0.2) is 31.2 Å². The lowest BCUT2D eigenvalue weighted by Crippen LogP contribution is -2.47. The Labute approximate surface area is 119 Å². The SMILES string of the molecule is O=C(NC1CCOCC1)[C@H]1CC[C@H](c2ccccc2)N1. The Morgan fingerprint density at radius 1 is 1.10 bits per heavy atom. The van der Waals surface area contributed by atoms with Crippen LogP contribution in [0.2, 0.25) is 0 Å². The second-order valence-electron chi connectivity index (χ2n) is 5.66. The van der Waals surface area contributed by atoms with Crippen molar-refractivity contribution in [2.75, 3.05) is 13.2 Å². The topological polar surface area (TPSA) is 50.4 Å². The minimum Gasteiger partial charge on any atom is -0.381 e. The van der Waals surface area contributed by atoms with Crippen LogP contribution in [0.1, 0.15) is 37.3 Å². The van der Waals surface area contributed by atoms with E-state index in [1.54, 1.807) is 0 Å². The third-order valence-electron chi connectivity index (χ3n) is 4.23. The van der Waals surface area contributed by atoms with E-state index in [1.807, 2.05) is 18.2 Å². The second-order valence-corrected chi connectivity index (χ2v) is 5.66. The first-order valence-corrected chi connectivity index (χ1v) is 7.52. The maximum Gasteiger partial charge on any atom is 0.237 e. The van der Waals surface area contributed by atoms with Gasteiger partial charge in [-0.1, -0.05) is 30.3 Å². The Kier molecular flexibility index (Phi) is 4.33. The molecular weight excluding hydrogens is 252 g/mol. The molecule has 4 heteroatoms. The first kappa shape index (κ1) is 13.6. The fraction of sp³-hybridized carbons (Fsp3) is 0.562. The van der Waals surface area contributed by atoms with E-state index < -0.39 is 0 Å². The molecule has 0 saturated carbocycles. The van der Waals surface area contributed by atoms with Crippen molar-refractivity contribution in [3.05, 3.63) is 35.9 Å². The lowest BCUT2D eigenvalue weighted by Gasteiger charge is -2.25. The van der Waals surface area contributed by atoms with E-state index in [9.17, 15) is 4.79 Å². The highest BCUT2D eigenvalue weighted by atomic mass is 16.5. The number of rotatable bonds is 3. The third-order valence-corrected chi connectivity index (χ3v) is 4.23. The molecule has 0 radical (unpaired) electrons. The van der Waals surface area contributed by atoms with E-state index in [1.165, 1.54) is 5.56 Å². The summed E-state index contributed by atoms with van der Waals surface area (Å²) in [6.45, 7) is 1.52. The van der Waals surface area contributed by atoms with Crippen LogP contribution in [0.3, 0.4) is 0 Å². The summed E-state index contributed by atoms with van der Waals surface area (Å²) in [5.74, 6) is 0.148. The average molecular weight is 274 g/mol. The normalized spacial score (nSPS) is 27.4. The Bertz CT molecular complexity index is 443. The highest BCUT2D eigenvalue weighted by Gasteiger charge is 2.30.